The topological polar surface area (TPSA) is 81.9 Å². The molecule has 7 nitrogen and oxygen atoms in total. The summed E-state index contributed by atoms with van der Waals surface area (Å²) in [5.74, 6) is -1.06. The van der Waals surface area contributed by atoms with E-state index in [1.54, 1.807) is 11.6 Å². The summed E-state index contributed by atoms with van der Waals surface area (Å²) in [6, 6.07) is 0. The standard InChI is InChI=1S/C15H19N3O4S/c1-4-10-11(13(20)18-5-6-23-14(18)17-10)12(19)16-7-9-8-21-15(2,3)22-9/h5-6,9H,4,7-8H2,1-3H3,(H,16,19). The maximum absolute atomic E-state index is 12.5. The van der Waals surface area contributed by atoms with Gasteiger partial charge in [-0.1, -0.05) is 6.92 Å². The average molecular weight is 337 g/mol. The Balaban J connectivity index is 1.80. The van der Waals surface area contributed by atoms with Crippen molar-refractivity contribution < 1.29 is 14.3 Å². The van der Waals surface area contributed by atoms with Gasteiger partial charge in [0.05, 0.1) is 12.3 Å². The summed E-state index contributed by atoms with van der Waals surface area (Å²) in [5.41, 5.74) is 0.273. The van der Waals surface area contributed by atoms with E-state index < -0.39 is 11.7 Å². The van der Waals surface area contributed by atoms with Gasteiger partial charge in [-0.2, -0.15) is 0 Å². The Bertz CT molecular complexity index is 796. The Morgan fingerprint density at radius 3 is 3.00 bits per heavy atom. The monoisotopic (exact) mass is 337 g/mol. The summed E-state index contributed by atoms with van der Waals surface area (Å²) in [5, 5.41) is 4.53. The van der Waals surface area contributed by atoms with Gasteiger partial charge in [0.15, 0.2) is 10.7 Å². The molecule has 0 saturated carbocycles. The predicted molar refractivity (Wildman–Crippen MR) is 86.0 cm³/mol. The van der Waals surface area contributed by atoms with Crippen molar-refractivity contribution in [1.29, 1.82) is 0 Å². The number of carbonyl (C=O) groups is 1. The third kappa shape index (κ3) is 3.15. The molecule has 1 aliphatic heterocycles. The zero-order chi connectivity index (χ0) is 16.6. The van der Waals surface area contributed by atoms with E-state index in [9.17, 15) is 9.59 Å². The Hall–Kier alpha value is -1.77. The van der Waals surface area contributed by atoms with Gasteiger partial charge in [-0.25, -0.2) is 4.98 Å². The third-order valence-electron chi connectivity index (χ3n) is 3.66. The zero-order valence-corrected chi connectivity index (χ0v) is 14.1. The number of thiazole rings is 1. The number of ether oxygens (including phenoxy) is 2. The number of hydrogen-bond acceptors (Lipinski definition) is 6. The lowest BCUT2D eigenvalue weighted by molar-refractivity contribution is -0.137. The van der Waals surface area contributed by atoms with Crippen LogP contribution in [0.1, 0.15) is 36.8 Å². The quantitative estimate of drug-likeness (QED) is 0.906. The summed E-state index contributed by atoms with van der Waals surface area (Å²) in [6.45, 7) is 6.22. The minimum Gasteiger partial charge on any atom is -0.349 e. The highest BCUT2D eigenvalue weighted by atomic mass is 32.1. The molecule has 1 atom stereocenters. The van der Waals surface area contributed by atoms with Crippen LogP contribution in [0.4, 0.5) is 0 Å². The summed E-state index contributed by atoms with van der Waals surface area (Å²) in [4.78, 5) is 30.0. The van der Waals surface area contributed by atoms with Gasteiger partial charge < -0.3 is 14.8 Å². The number of rotatable bonds is 4. The number of aryl methyl sites for hydroxylation is 1. The molecule has 23 heavy (non-hydrogen) atoms. The summed E-state index contributed by atoms with van der Waals surface area (Å²) in [6.07, 6.45) is 1.92. The molecular formula is C15H19N3O4S. The molecule has 1 amide bonds. The van der Waals surface area contributed by atoms with Crippen LogP contribution in [0, 0.1) is 0 Å². The first kappa shape index (κ1) is 16.1. The minimum atomic E-state index is -0.638. The molecule has 1 unspecified atom stereocenters. The number of fused-ring (bicyclic) bond motifs is 1. The van der Waals surface area contributed by atoms with E-state index in [1.807, 2.05) is 20.8 Å². The van der Waals surface area contributed by atoms with Gasteiger partial charge in [0.2, 0.25) is 0 Å². The Labute approximate surface area is 137 Å². The van der Waals surface area contributed by atoms with Crippen LogP contribution in [0.15, 0.2) is 16.4 Å². The van der Waals surface area contributed by atoms with Crippen molar-refractivity contribution >= 4 is 22.2 Å². The first-order valence-corrected chi connectivity index (χ1v) is 8.38. The van der Waals surface area contributed by atoms with E-state index in [0.29, 0.717) is 23.7 Å². The Morgan fingerprint density at radius 2 is 2.35 bits per heavy atom. The van der Waals surface area contributed by atoms with Gasteiger partial charge in [-0.3, -0.25) is 14.0 Å². The second-order valence-corrected chi connectivity index (χ2v) is 6.68. The molecule has 0 aliphatic carbocycles. The van der Waals surface area contributed by atoms with Gasteiger partial charge in [0.25, 0.3) is 11.5 Å². The normalized spacial score (nSPS) is 20.0. The summed E-state index contributed by atoms with van der Waals surface area (Å²) >= 11 is 1.37. The smallest absolute Gasteiger partial charge is 0.271 e. The SMILES string of the molecule is CCc1nc2sccn2c(=O)c1C(=O)NCC1COC(C)(C)O1. The molecule has 1 fully saturated rings. The molecule has 1 saturated heterocycles. The molecule has 0 aromatic carbocycles. The second-order valence-electron chi connectivity index (χ2n) is 5.81. The Morgan fingerprint density at radius 1 is 1.57 bits per heavy atom. The third-order valence-corrected chi connectivity index (χ3v) is 4.42. The van der Waals surface area contributed by atoms with Gasteiger partial charge in [-0.05, 0) is 20.3 Å². The lowest BCUT2D eigenvalue weighted by Crippen LogP contribution is -2.38. The first-order chi connectivity index (χ1) is 10.9. The van der Waals surface area contributed by atoms with E-state index in [0.717, 1.165) is 0 Å². The summed E-state index contributed by atoms with van der Waals surface area (Å²) in [7, 11) is 0. The van der Waals surface area contributed by atoms with Crippen LogP contribution in [-0.4, -0.2) is 40.3 Å². The first-order valence-electron chi connectivity index (χ1n) is 7.50. The molecule has 1 N–H and O–H groups in total. The van der Waals surface area contributed by atoms with E-state index in [2.05, 4.69) is 10.3 Å². The highest BCUT2D eigenvalue weighted by Crippen LogP contribution is 2.21. The number of amides is 1. The van der Waals surface area contributed by atoms with Gasteiger partial charge >= 0.3 is 0 Å². The van der Waals surface area contributed by atoms with Crippen molar-refractivity contribution in [2.45, 2.75) is 39.1 Å². The molecule has 3 heterocycles. The van der Waals surface area contributed by atoms with E-state index in [-0.39, 0.29) is 23.8 Å². The van der Waals surface area contributed by atoms with Crippen molar-refractivity contribution in [3.8, 4) is 0 Å². The van der Waals surface area contributed by atoms with Crippen LogP contribution in [0.25, 0.3) is 4.96 Å². The predicted octanol–water partition coefficient (Wildman–Crippen LogP) is 1.20. The fourth-order valence-corrected chi connectivity index (χ4v) is 3.29. The highest BCUT2D eigenvalue weighted by Gasteiger charge is 2.33. The van der Waals surface area contributed by atoms with E-state index in [4.69, 9.17) is 9.47 Å². The lowest BCUT2D eigenvalue weighted by Gasteiger charge is -2.17. The highest BCUT2D eigenvalue weighted by molar-refractivity contribution is 7.15. The van der Waals surface area contributed by atoms with E-state index >= 15 is 0 Å². The van der Waals surface area contributed by atoms with E-state index in [1.165, 1.54) is 15.7 Å². The minimum absolute atomic E-state index is 0.0987. The number of nitrogens with zero attached hydrogens (tertiary/aromatic N) is 2. The van der Waals surface area contributed by atoms with Crippen LogP contribution in [0.5, 0.6) is 0 Å². The van der Waals surface area contributed by atoms with Crippen LogP contribution < -0.4 is 10.9 Å². The average Bonchev–Trinajstić information content (AvgIpc) is 3.10. The van der Waals surface area contributed by atoms with Gasteiger partial charge in [0, 0.05) is 18.1 Å². The second kappa shape index (κ2) is 6.03. The molecule has 8 heteroatoms. The van der Waals surface area contributed by atoms with Crippen LogP contribution in [0.2, 0.25) is 0 Å². The molecule has 2 aromatic rings. The van der Waals surface area contributed by atoms with Crippen LogP contribution in [0.3, 0.4) is 0 Å². The molecular weight excluding hydrogens is 318 g/mol. The fourth-order valence-electron chi connectivity index (χ4n) is 2.57. The molecule has 0 bridgehead atoms. The van der Waals surface area contributed by atoms with Crippen molar-refractivity contribution in [3.05, 3.63) is 33.2 Å². The van der Waals surface area contributed by atoms with Crippen molar-refractivity contribution in [3.63, 3.8) is 0 Å². The number of aromatic nitrogens is 2. The van der Waals surface area contributed by atoms with Crippen molar-refractivity contribution in [1.82, 2.24) is 14.7 Å². The summed E-state index contributed by atoms with van der Waals surface area (Å²) < 4.78 is 12.5. The van der Waals surface area contributed by atoms with Crippen molar-refractivity contribution in [2.24, 2.45) is 0 Å². The molecule has 2 aromatic heterocycles. The molecule has 1 aliphatic rings. The van der Waals surface area contributed by atoms with Gasteiger partial charge in [-0.15, -0.1) is 11.3 Å². The van der Waals surface area contributed by atoms with Crippen molar-refractivity contribution in [2.75, 3.05) is 13.2 Å². The number of nitrogens with one attached hydrogen (secondary N) is 1. The maximum Gasteiger partial charge on any atom is 0.271 e. The molecule has 3 rings (SSSR count). The molecule has 124 valence electrons. The lowest BCUT2D eigenvalue weighted by atomic mass is 10.1. The number of carbonyl (C=O) groups excluding carboxylic acids is 1. The Kier molecular flexibility index (Phi) is 4.22. The number of hydrogen-bond donors (Lipinski definition) is 1. The fraction of sp³-hybridized carbons (Fsp3) is 0.533. The molecule has 0 radical (unpaired) electrons. The van der Waals surface area contributed by atoms with Gasteiger partial charge in [0.1, 0.15) is 11.7 Å². The molecule has 0 spiro atoms. The van der Waals surface area contributed by atoms with Crippen LogP contribution in [-0.2, 0) is 15.9 Å². The largest absolute Gasteiger partial charge is 0.349 e. The zero-order valence-electron chi connectivity index (χ0n) is 13.3. The van der Waals surface area contributed by atoms with Crippen LogP contribution >= 0.6 is 11.3 Å². The maximum atomic E-state index is 12.5.